The van der Waals surface area contributed by atoms with Gasteiger partial charge in [-0.25, -0.2) is 9.59 Å². The molecule has 4 amide bonds. The number of amides is 4. The first-order valence-electron chi connectivity index (χ1n) is 11.6. The second-order valence-electron chi connectivity index (χ2n) is 9.48. The first-order valence-corrected chi connectivity index (χ1v) is 12.7. The van der Waals surface area contributed by atoms with Gasteiger partial charge in [0.05, 0.1) is 0 Å². The molecule has 0 spiro atoms. The van der Waals surface area contributed by atoms with Gasteiger partial charge in [-0.1, -0.05) is 0 Å². The summed E-state index contributed by atoms with van der Waals surface area (Å²) >= 11 is 10.7. The molecule has 0 saturated carbocycles. The number of ether oxygens (including phenoxy) is 2. The van der Waals surface area contributed by atoms with Gasteiger partial charge in [0.15, 0.2) is 0 Å². The molecular formula is C22H44Cl2N6O6. The number of alkyl halides is 2. The summed E-state index contributed by atoms with van der Waals surface area (Å²) in [6.07, 6.45) is -0.874. The van der Waals surface area contributed by atoms with E-state index in [9.17, 15) is 19.2 Å². The van der Waals surface area contributed by atoms with Crippen LogP contribution in [0.5, 0.6) is 0 Å². The highest BCUT2D eigenvalue weighted by atomic mass is 35.5. The smallest absolute Gasteiger partial charge is 0.410 e. The zero-order valence-corrected chi connectivity index (χ0v) is 23.8. The average Bonchev–Trinajstić information content (AvgIpc) is 2.75. The van der Waals surface area contributed by atoms with E-state index in [0.29, 0.717) is 26.2 Å². The second kappa shape index (κ2) is 19.1. The molecule has 0 rings (SSSR count). The Balaban J connectivity index is 0. The Labute approximate surface area is 224 Å². The van der Waals surface area contributed by atoms with Gasteiger partial charge in [-0.05, 0) is 41.5 Å². The van der Waals surface area contributed by atoms with E-state index in [2.05, 4.69) is 10.6 Å². The molecule has 212 valence electrons. The van der Waals surface area contributed by atoms with Crippen LogP contribution in [0.2, 0.25) is 0 Å². The van der Waals surface area contributed by atoms with Crippen molar-refractivity contribution in [3.63, 3.8) is 0 Å². The highest BCUT2D eigenvalue weighted by molar-refractivity contribution is 6.27. The number of hydrogen-bond acceptors (Lipinski definition) is 8. The number of nitrogens with two attached hydrogens (primary N) is 2. The van der Waals surface area contributed by atoms with Crippen molar-refractivity contribution in [2.75, 3.05) is 64.1 Å². The minimum Gasteiger partial charge on any atom is -0.444 e. The van der Waals surface area contributed by atoms with E-state index in [-0.39, 0.29) is 55.8 Å². The fraction of sp³-hybridized carbons (Fsp3) is 0.818. The number of rotatable bonds is 12. The van der Waals surface area contributed by atoms with Gasteiger partial charge >= 0.3 is 12.2 Å². The van der Waals surface area contributed by atoms with Crippen molar-refractivity contribution in [1.29, 1.82) is 0 Å². The van der Waals surface area contributed by atoms with Crippen molar-refractivity contribution in [2.45, 2.75) is 52.7 Å². The van der Waals surface area contributed by atoms with Crippen molar-refractivity contribution in [3.05, 3.63) is 0 Å². The van der Waals surface area contributed by atoms with Gasteiger partial charge in [-0.2, -0.15) is 0 Å². The molecule has 0 aliphatic heterocycles. The van der Waals surface area contributed by atoms with Crippen LogP contribution in [0.4, 0.5) is 9.59 Å². The van der Waals surface area contributed by atoms with Crippen LogP contribution in [-0.4, -0.2) is 109 Å². The molecule has 0 aliphatic rings. The van der Waals surface area contributed by atoms with Crippen molar-refractivity contribution in [2.24, 2.45) is 11.5 Å². The minimum atomic E-state index is -0.631. The molecule has 0 aliphatic carbocycles. The fourth-order valence-electron chi connectivity index (χ4n) is 2.31. The second-order valence-corrected chi connectivity index (χ2v) is 10.0. The molecular weight excluding hydrogens is 515 g/mol. The van der Waals surface area contributed by atoms with Crippen LogP contribution in [0.1, 0.15) is 41.5 Å². The van der Waals surface area contributed by atoms with E-state index < -0.39 is 17.3 Å². The first kappa shape index (κ1) is 36.1. The summed E-state index contributed by atoms with van der Waals surface area (Å²) < 4.78 is 10.5. The Bertz CT molecular complexity index is 642. The van der Waals surface area contributed by atoms with Crippen LogP contribution in [-0.2, 0) is 19.1 Å². The molecule has 0 saturated heterocycles. The normalized spacial score (nSPS) is 10.9. The van der Waals surface area contributed by atoms with Gasteiger partial charge in [0.1, 0.15) is 23.0 Å². The zero-order chi connectivity index (χ0) is 28.4. The Hall–Kier alpha value is -2.02. The molecule has 6 N–H and O–H groups in total. The lowest BCUT2D eigenvalue weighted by Crippen LogP contribution is -2.45. The molecule has 36 heavy (non-hydrogen) atoms. The molecule has 0 fully saturated rings. The molecule has 0 unspecified atom stereocenters. The maximum Gasteiger partial charge on any atom is 0.410 e. The molecule has 0 radical (unpaired) electrons. The summed E-state index contributed by atoms with van der Waals surface area (Å²) in [7, 11) is 0. The van der Waals surface area contributed by atoms with Gasteiger partial charge < -0.3 is 41.4 Å². The Morgan fingerprint density at radius 1 is 0.667 bits per heavy atom. The summed E-state index contributed by atoms with van der Waals surface area (Å²) in [4.78, 5) is 48.7. The van der Waals surface area contributed by atoms with E-state index in [1.807, 2.05) is 20.8 Å². The number of hydrogen-bond donors (Lipinski definition) is 4. The third-order valence-corrected chi connectivity index (χ3v) is 4.24. The van der Waals surface area contributed by atoms with E-state index in [1.54, 1.807) is 20.8 Å². The number of carbonyl (C=O) groups is 4. The molecule has 0 bridgehead atoms. The lowest BCUT2D eigenvalue weighted by atomic mass is 10.2. The highest BCUT2D eigenvalue weighted by Gasteiger charge is 2.22. The van der Waals surface area contributed by atoms with Gasteiger partial charge in [0.2, 0.25) is 11.8 Å². The molecule has 0 aromatic heterocycles. The van der Waals surface area contributed by atoms with Crippen LogP contribution < -0.4 is 22.1 Å². The molecule has 0 heterocycles. The molecule has 12 nitrogen and oxygen atoms in total. The standard InChI is InChI=1S/C13H23Cl2N3O4.C9H21N3O2/c1-13(2,3)22-12(21)18(6-4-16-10(19)8-14)7-5-17-11(20)9-15;1-9(2,3)14-8(13)12(6-4-10)7-5-11/h4-9H2,1-3H3,(H,16,19)(H,17,20);4-7,10-11H2,1-3H3. The predicted octanol–water partition coefficient (Wildman–Crippen LogP) is 1.07. The van der Waals surface area contributed by atoms with Crippen LogP contribution in [0, 0.1) is 0 Å². The molecule has 0 aromatic rings. The first-order chi connectivity index (χ1) is 16.6. The van der Waals surface area contributed by atoms with Crippen molar-refractivity contribution in [3.8, 4) is 0 Å². The van der Waals surface area contributed by atoms with E-state index in [4.69, 9.17) is 44.1 Å². The van der Waals surface area contributed by atoms with Gasteiger partial charge in [-0.3, -0.25) is 9.59 Å². The SMILES string of the molecule is CC(C)(C)OC(=O)N(CCN)CCN.CC(C)(C)OC(=O)N(CCNC(=O)CCl)CCNC(=O)CCl. The third-order valence-electron chi connectivity index (χ3n) is 3.75. The summed E-state index contributed by atoms with van der Waals surface area (Å²) in [6.45, 7) is 13.5. The van der Waals surface area contributed by atoms with Crippen LogP contribution in [0.3, 0.4) is 0 Å². The summed E-state index contributed by atoms with van der Waals surface area (Å²) in [5.41, 5.74) is 9.64. The maximum absolute atomic E-state index is 12.1. The van der Waals surface area contributed by atoms with Crippen molar-refractivity contribution in [1.82, 2.24) is 20.4 Å². The summed E-state index contributed by atoms with van der Waals surface area (Å²) in [5, 5.41) is 5.12. The van der Waals surface area contributed by atoms with Gasteiger partial charge in [0.25, 0.3) is 0 Å². The third kappa shape index (κ3) is 21.3. The number of halogens is 2. The number of carbonyl (C=O) groups excluding carboxylic acids is 4. The molecule has 14 heteroatoms. The maximum atomic E-state index is 12.1. The number of nitrogens with zero attached hydrogens (tertiary/aromatic N) is 2. The van der Waals surface area contributed by atoms with E-state index in [0.717, 1.165) is 0 Å². The Morgan fingerprint density at radius 2 is 0.972 bits per heavy atom. The Morgan fingerprint density at radius 3 is 1.22 bits per heavy atom. The fourth-order valence-corrected chi connectivity index (χ4v) is 2.50. The predicted molar refractivity (Wildman–Crippen MR) is 141 cm³/mol. The van der Waals surface area contributed by atoms with Crippen LogP contribution >= 0.6 is 23.2 Å². The minimum absolute atomic E-state index is 0.141. The van der Waals surface area contributed by atoms with Crippen molar-refractivity contribution >= 4 is 47.2 Å². The quantitative estimate of drug-likeness (QED) is 0.258. The van der Waals surface area contributed by atoms with Crippen LogP contribution in [0.15, 0.2) is 0 Å². The molecule has 0 atom stereocenters. The summed E-state index contributed by atoms with van der Waals surface area (Å²) in [5.74, 6) is -0.918. The largest absolute Gasteiger partial charge is 0.444 e. The lowest BCUT2D eigenvalue weighted by molar-refractivity contribution is -0.119. The van der Waals surface area contributed by atoms with Gasteiger partial charge in [-0.15, -0.1) is 23.2 Å². The van der Waals surface area contributed by atoms with Crippen LogP contribution in [0.25, 0.3) is 0 Å². The molecule has 0 aromatic carbocycles. The average molecular weight is 560 g/mol. The lowest BCUT2D eigenvalue weighted by Gasteiger charge is -2.27. The topological polar surface area (TPSA) is 169 Å². The Kier molecular flexibility index (Phi) is 19.2. The monoisotopic (exact) mass is 558 g/mol. The highest BCUT2D eigenvalue weighted by Crippen LogP contribution is 2.10. The summed E-state index contributed by atoms with van der Waals surface area (Å²) in [6, 6.07) is 0. The number of nitrogens with one attached hydrogen (secondary N) is 2. The van der Waals surface area contributed by atoms with Crippen molar-refractivity contribution < 1.29 is 28.7 Å². The zero-order valence-electron chi connectivity index (χ0n) is 22.3. The van der Waals surface area contributed by atoms with Gasteiger partial charge in [0, 0.05) is 52.4 Å². The van der Waals surface area contributed by atoms with E-state index >= 15 is 0 Å². The van der Waals surface area contributed by atoms with E-state index in [1.165, 1.54) is 9.80 Å².